The summed E-state index contributed by atoms with van der Waals surface area (Å²) in [7, 11) is 0. The number of likely N-dealkylation sites (tertiary alicyclic amines) is 1. The van der Waals surface area contributed by atoms with Crippen LogP contribution in [0.25, 0.3) is 0 Å². The van der Waals surface area contributed by atoms with Crippen LogP contribution in [0.15, 0.2) is 30.3 Å². The van der Waals surface area contributed by atoms with Gasteiger partial charge in [-0.2, -0.15) is 0 Å². The number of rotatable bonds is 3. The molecule has 1 aromatic rings. The van der Waals surface area contributed by atoms with E-state index in [1.807, 2.05) is 0 Å². The lowest BCUT2D eigenvalue weighted by molar-refractivity contribution is 0.0159. The van der Waals surface area contributed by atoms with Crippen LogP contribution in [0, 0.1) is 5.92 Å². The Morgan fingerprint density at radius 2 is 2.00 bits per heavy atom. The minimum absolute atomic E-state index is 0.248. The molecule has 2 rings (SSSR count). The molecule has 2 atom stereocenters. The van der Waals surface area contributed by atoms with Gasteiger partial charge in [0.05, 0.1) is 0 Å². The topological polar surface area (TPSA) is 29.3 Å². The third-order valence-corrected chi connectivity index (χ3v) is 4.43. The second kappa shape index (κ2) is 5.41. The van der Waals surface area contributed by atoms with E-state index in [1.54, 1.807) is 0 Å². The molecule has 1 saturated heterocycles. The fraction of sp³-hybridized carbons (Fsp3) is 0.625. The lowest BCUT2D eigenvalue weighted by Crippen LogP contribution is -2.51. The fourth-order valence-corrected chi connectivity index (χ4v) is 3.38. The summed E-state index contributed by atoms with van der Waals surface area (Å²) in [6.45, 7) is 9.02. The van der Waals surface area contributed by atoms with Gasteiger partial charge in [-0.05, 0) is 58.2 Å². The monoisotopic (exact) mass is 246 g/mol. The number of piperidine rings is 1. The molecule has 1 aliphatic heterocycles. The smallest absolute Gasteiger partial charge is 0.0325 e. The van der Waals surface area contributed by atoms with Crippen molar-refractivity contribution >= 4 is 0 Å². The van der Waals surface area contributed by atoms with E-state index in [0.717, 1.165) is 13.1 Å². The van der Waals surface area contributed by atoms with Gasteiger partial charge < -0.3 is 5.73 Å². The summed E-state index contributed by atoms with van der Waals surface area (Å²) in [6, 6.07) is 11.3. The van der Waals surface area contributed by atoms with Gasteiger partial charge in [0.1, 0.15) is 0 Å². The quantitative estimate of drug-likeness (QED) is 0.887. The van der Waals surface area contributed by atoms with Crippen LogP contribution in [-0.4, -0.2) is 23.5 Å². The maximum Gasteiger partial charge on any atom is 0.0325 e. The molecule has 0 spiro atoms. The van der Waals surface area contributed by atoms with E-state index in [9.17, 15) is 0 Å². The zero-order valence-electron chi connectivity index (χ0n) is 11.9. The van der Waals surface area contributed by atoms with E-state index in [1.165, 1.54) is 18.4 Å². The van der Waals surface area contributed by atoms with Gasteiger partial charge in [-0.15, -0.1) is 0 Å². The molecule has 100 valence electrons. The summed E-state index contributed by atoms with van der Waals surface area (Å²) in [4.78, 5) is 2.63. The molecule has 0 saturated carbocycles. The van der Waals surface area contributed by atoms with Gasteiger partial charge in [0.15, 0.2) is 0 Å². The molecule has 1 aliphatic rings. The first-order chi connectivity index (χ1) is 8.54. The minimum Gasteiger partial charge on any atom is -0.330 e. The van der Waals surface area contributed by atoms with Crippen LogP contribution in [0.5, 0.6) is 0 Å². The number of nitrogens with zero attached hydrogens (tertiary/aromatic N) is 1. The highest BCUT2D eigenvalue weighted by atomic mass is 15.2. The highest BCUT2D eigenvalue weighted by molar-refractivity contribution is 5.19. The summed E-state index contributed by atoms with van der Waals surface area (Å²) >= 11 is 0. The van der Waals surface area contributed by atoms with Crippen LogP contribution in [-0.2, 0) is 0 Å². The van der Waals surface area contributed by atoms with E-state index in [-0.39, 0.29) is 5.54 Å². The largest absolute Gasteiger partial charge is 0.330 e. The Kier molecular flexibility index (Phi) is 4.08. The number of nitrogens with two attached hydrogens (primary N) is 1. The molecule has 18 heavy (non-hydrogen) atoms. The third-order valence-electron chi connectivity index (χ3n) is 4.43. The van der Waals surface area contributed by atoms with Gasteiger partial charge in [-0.25, -0.2) is 0 Å². The van der Waals surface area contributed by atoms with Gasteiger partial charge in [-0.1, -0.05) is 30.3 Å². The van der Waals surface area contributed by atoms with Crippen LogP contribution in [0.1, 0.15) is 45.2 Å². The standard InChI is InChI=1S/C16H26N2/c1-13(15-7-5-4-6-8-15)18-10-9-14(12-17)11-16(18,2)3/h4-8,13-14H,9-12,17H2,1-3H3. The maximum atomic E-state index is 5.84. The zero-order chi connectivity index (χ0) is 13.2. The van der Waals surface area contributed by atoms with E-state index < -0.39 is 0 Å². The SMILES string of the molecule is CC(c1ccccc1)N1CCC(CN)CC1(C)C. The van der Waals surface area contributed by atoms with Gasteiger partial charge in [-0.3, -0.25) is 4.90 Å². The van der Waals surface area contributed by atoms with Crippen molar-refractivity contribution in [2.45, 2.75) is 45.2 Å². The van der Waals surface area contributed by atoms with Gasteiger partial charge in [0, 0.05) is 11.6 Å². The van der Waals surface area contributed by atoms with Crippen LogP contribution in [0.2, 0.25) is 0 Å². The average Bonchev–Trinajstić information content (AvgIpc) is 2.38. The van der Waals surface area contributed by atoms with Gasteiger partial charge in [0.2, 0.25) is 0 Å². The summed E-state index contributed by atoms with van der Waals surface area (Å²) < 4.78 is 0. The van der Waals surface area contributed by atoms with E-state index in [0.29, 0.717) is 12.0 Å². The predicted octanol–water partition coefficient (Wildman–Crippen LogP) is 3.20. The Balaban J connectivity index is 2.13. The Morgan fingerprint density at radius 1 is 1.33 bits per heavy atom. The summed E-state index contributed by atoms with van der Waals surface area (Å²) in [5.74, 6) is 0.694. The van der Waals surface area contributed by atoms with Crippen LogP contribution in [0.4, 0.5) is 0 Å². The highest BCUT2D eigenvalue weighted by Crippen LogP contribution is 2.37. The van der Waals surface area contributed by atoms with Crippen molar-refractivity contribution in [1.29, 1.82) is 0 Å². The van der Waals surface area contributed by atoms with Crippen molar-refractivity contribution in [1.82, 2.24) is 4.90 Å². The summed E-state index contributed by atoms with van der Waals surface area (Å²) in [5, 5.41) is 0. The van der Waals surface area contributed by atoms with Gasteiger partial charge in [0.25, 0.3) is 0 Å². The zero-order valence-corrected chi connectivity index (χ0v) is 11.9. The molecule has 0 amide bonds. The Labute approximate surface area is 111 Å². The van der Waals surface area contributed by atoms with Crippen molar-refractivity contribution < 1.29 is 0 Å². The van der Waals surface area contributed by atoms with E-state index in [4.69, 9.17) is 5.73 Å². The molecule has 1 heterocycles. The average molecular weight is 246 g/mol. The van der Waals surface area contributed by atoms with E-state index >= 15 is 0 Å². The molecule has 2 unspecified atom stereocenters. The molecule has 0 bridgehead atoms. The second-order valence-corrected chi connectivity index (χ2v) is 6.19. The first-order valence-electron chi connectivity index (χ1n) is 7.06. The van der Waals surface area contributed by atoms with Crippen molar-refractivity contribution in [3.63, 3.8) is 0 Å². The fourth-order valence-electron chi connectivity index (χ4n) is 3.38. The maximum absolute atomic E-state index is 5.84. The molecule has 0 radical (unpaired) electrons. The lowest BCUT2D eigenvalue weighted by atomic mass is 9.81. The van der Waals surface area contributed by atoms with E-state index in [2.05, 4.69) is 56.0 Å². The summed E-state index contributed by atoms with van der Waals surface area (Å²) in [5.41, 5.74) is 7.50. The van der Waals surface area contributed by atoms with Crippen molar-refractivity contribution in [3.8, 4) is 0 Å². The third kappa shape index (κ3) is 2.76. The minimum atomic E-state index is 0.248. The molecular formula is C16H26N2. The van der Waals surface area contributed by atoms with Crippen LogP contribution in [0.3, 0.4) is 0 Å². The number of hydrogen-bond acceptors (Lipinski definition) is 2. The Morgan fingerprint density at radius 3 is 2.56 bits per heavy atom. The molecule has 2 heteroatoms. The second-order valence-electron chi connectivity index (χ2n) is 6.19. The highest BCUT2D eigenvalue weighted by Gasteiger charge is 2.36. The van der Waals surface area contributed by atoms with Crippen molar-refractivity contribution in [2.75, 3.05) is 13.1 Å². The Hall–Kier alpha value is -0.860. The molecule has 0 aliphatic carbocycles. The summed E-state index contributed by atoms with van der Waals surface area (Å²) in [6.07, 6.45) is 2.44. The van der Waals surface area contributed by atoms with Crippen LogP contribution >= 0.6 is 0 Å². The normalized spacial score (nSPS) is 25.9. The molecule has 2 nitrogen and oxygen atoms in total. The number of benzene rings is 1. The molecule has 1 aromatic carbocycles. The van der Waals surface area contributed by atoms with Crippen molar-refractivity contribution in [3.05, 3.63) is 35.9 Å². The molecular weight excluding hydrogens is 220 g/mol. The van der Waals surface area contributed by atoms with Crippen LogP contribution < -0.4 is 5.73 Å². The number of hydrogen-bond donors (Lipinski definition) is 1. The first kappa shape index (κ1) is 13.6. The van der Waals surface area contributed by atoms with Crippen molar-refractivity contribution in [2.24, 2.45) is 11.7 Å². The predicted molar refractivity (Wildman–Crippen MR) is 77.4 cm³/mol. The molecule has 0 aromatic heterocycles. The Bertz CT molecular complexity index is 372. The molecule has 1 fully saturated rings. The van der Waals surface area contributed by atoms with Gasteiger partial charge >= 0.3 is 0 Å². The lowest BCUT2D eigenvalue weighted by Gasteiger charge is -2.48. The molecule has 2 N–H and O–H groups in total. The first-order valence-corrected chi connectivity index (χ1v) is 7.06.